The molecule has 0 saturated heterocycles. The maximum absolute atomic E-state index is 15.1. The highest BCUT2D eigenvalue weighted by molar-refractivity contribution is 9.10. The van der Waals surface area contributed by atoms with Gasteiger partial charge in [0.2, 0.25) is 10.0 Å². The molecule has 1 aliphatic carbocycles. The fraction of sp³-hybridized carbons (Fsp3) is 0.276. The van der Waals surface area contributed by atoms with Crippen LogP contribution in [-0.2, 0) is 26.1 Å². The lowest BCUT2D eigenvalue weighted by Crippen LogP contribution is -2.26. The summed E-state index contributed by atoms with van der Waals surface area (Å²) in [7, 11) is -1.05. The molecule has 0 radical (unpaired) electrons. The van der Waals surface area contributed by atoms with E-state index in [9.17, 15) is 17.6 Å². The lowest BCUT2D eigenvalue weighted by Gasteiger charge is -2.26. The Morgan fingerprint density at radius 3 is 2.46 bits per heavy atom. The molecule has 41 heavy (non-hydrogen) atoms. The first-order valence-corrected chi connectivity index (χ1v) is 15.3. The number of carbonyl (C=O) groups excluding carboxylic acids is 1. The number of nitrogens with zero attached hydrogens (tertiary/aromatic N) is 1. The van der Waals surface area contributed by atoms with Gasteiger partial charge in [0.1, 0.15) is 29.8 Å². The van der Waals surface area contributed by atoms with Crippen LogP contribution < -0.4 is 9.62 Å². The molecule has 1 fully saturated rings. The van der Waals surface area contributed by atoms with Crippen LogP contribution >= 0.6 is 15.9 Å². The number of hydrogen-bond acceptors (Lipinski definition) is 6. The predicted molar refractivity (Wildman–Crippen MR) is 155 cm³/mol. The van der Waals surface area contributed by atoms with Gasteiger partial charge < -0.3 is 19.2 Å². The summed E-state index contributed by atoms with van der Waals surface area (Å²) in [6.45, 7) is -0.0564. The van der Waals surface area contributed by atoms with Gasteiger partial charge in [0.15, 0.2) is 0 Å². The summed E-state index contributed by atoms with van der Waals surface area (Å²) >= 11 is 3.22. The molecule has 4 aromatic rings. The van der Waals surface area contributed by atoms with Crippen LogP contribution in [-0.4, -0.2) is 41.5 Å². The Bertz CT molecular complexity index is 1740. The van der Waals surface area contributed by atoms with E-state index in [2.05, 4.69) is 21.2 Å². The van der Waals surface area contributed by atoms with Crippen molar-refractivity contribution in [3.05, 3.63) is 81.3 Å². The average molecular weight is 650 g/mol. The number of methoxy groups -OCH3 is 1. The van der Waals surface area contributed by atoms with Crippen LogP contribution in [0.1, 0.15) is 40.2 Å². The third-order valence-electron chi connectivity index (χ3n) is 6.75. The first-order valence-electron chi connectivity index (χ1n) is 12.7. The topological polar surface area (TPSA) is 98.1 Å². The normalized spacial score (nSPS) is 13.5. The number of ether oxygens (including phenoxy) is 2. The molecule has 8 nitrogen and oxygen atoms in total. The highest BCUT2D eigenvalue weighted by Crippen LogP contribution is 2.49. The molecule has 12 heteroatoms. The number of anilines is 2. The van der Waals surface area contributed by atoms with E-state index in [0.717, 1.165) is 29.5 Å². The Morgan fingerprint density at radius 1 is 1.15 bits per heavy atom. The smallest absolute Gasteiger partial charge is 0.255 e. The van der Waals surface area contributed by atoms with Gasteiger partial charge in [0.05, 0.1) is 34.3 Å². The number of hydrogen-bond donors (Lipinski definition) is 1. The fourth-order valence-corrected chi connectivity index (χ4v) is 6.14. The third-order valence-corrected chi connectivity index (χ3v) is 8.71. The molecule has 0 bridgehead atoms. The Kier molecular flexibility index (Phi) is 8.20. The van der Waals surface area contributed by atoms with E-state index in [1.165, 1.54) is 44.5 Å². The van der Waals surface area contributed by atoms with E-state index in [-0.39, 0.29) is 52.1 Å². The van der Waals surface area contributed by atoms with Crippen molar-refractivity contribution in [1.29, 1.82) is 0 Å². The second-order valence-electron chi connectivity index (χ2n) is 9.76. The van der Waals surface area contributed by atoms with Crippen LogP contribution in [0.3, 0.4) is 0 Å². The van der Waals surface area contributed by atoms with E-state index in [1.807, 2.05) is 0 Å². The number of amides is 1. The molecule has 5 rings (SSSR count). The predicted octanol–water partition coefficient (Wildman–Crippen LogP) is 6.60. The van der Waals surface area contributed by atoms with Crippen LogP contribution in [0.15, 0.2) is 57.4 Å². The molecule has 1 aliphatic rings. The first-order chi connectivity index (χ1) is 19.5. The van der Waals surface area contributed by atoms with E-state index in [1.54, 1.807) is 12.1 Å². The lowest BCUT2D eigenvalue weighted by molar-refractivity contribution is -0.0393. The standard InChI is InChI=1S/C29H27BrF2N2O6S/c1-33-29(35)26-22-12-21(16-4-5-16)24(13-25(22)40-28(26)17-6-8-19(31)9-7-17)34(41(3,36)37)20-10-18(14-39-15-38-2)27(30)23(32)11-20/h6-13,16H,4-5,14-15H2,1-3H3,(H,33,35). The van der Waals surface area contributed by atoms with Crippen molar-refractivity contribution in [3.8, 4) is 11.3 Å². The number of sulfonamides is 1. The van der Waals surface area contributed by atoms with Crippen molar-refractivity contribution in [3.63, 3.8) is 0 Å². The molecule has 1 heterocycles. The molecule has 216 valence electrons. The van der Waals surface area contributed by atoms with Crippen molar-refractivity contribution in [2.45, 2.75) is 25.4 Å². The number of furan rings is 1. The molecule has 1 N–H and O–H groups in total. The van der Waals surface area contributed by atoms with E-state index in [4.69, 9.17) is 13.9 Å². The molecule has 0 atom stereocenters. The van der Waals surface area contributed by atoms with Crippen LogP contribution in [0.25, 0.3) is 22.3 Å². The second kappa shape index (κ2) is 11.5. The molecule has 1 saturated carbocycles. The van der Waals surface area contributed by atoms with Gasteiger partial charge in [-0.2, -0.15) is 0 Å². The minimum Gasteiger partial charge on any atom is -0.455 e. The number of rotatable bonds is 10. The molecular weight excluding hydrogens is 622 g/mol. The van der Waals surface area contributed by atoms with Gasteiger partial charge in [0, 0.05) is 31.2 Å². The zero-order valence-corrected chi connectivity index (χ0v) is 24.9. The number of benzene rings is 3. The summed E-state index contributed by atoms with van der Waals surface area (Å²) in [5, 5.41) is 3.11. The minimum absolute atomic E-state index is 0.0278. The maximum Gasteiger partial charge on any atom is 0.255 e. The quantitative estimate of drug-likeness (QED) is 0.154. The van der Waals surface area contributed by atoms with Crippen molar-refractivity contribution in [2.24, 2.45) is 0 Å². The summed E-state index contributed by atoms with van der Waals surface area (Å²) in [4.78, 5) is 13.0. The van der Waals surface area contributed by atoms with Crippen molar-refractivity contribution in [1.82, 2.24) is 5.32 Å². The van der Waals surface area contributed by atoms with Gasteiger partial charge in [-0.05, 0) is 88.3 Å². The van der Waals surface area contributed by atoms with Gasteiger partial charge >= 0.3 is 0 Å². The Morgan fingerprint density at radius 2 is 1.85 bits per heavy atom. The van der Waals surface area contributed by atoms with Crippen LogP contribution in [0.5, 0.6) is 0 Å². The van der Waals surface area contributed by atoms with Crippen LogP contribution in [0, 0.1) is 11.6 Å². The fourth-order valence-electron chi connectivity index (χ4n) is 4.80. The largest absolute Gasteiger partial charge is 0.455 e. The highest BCUT2D eigenvalue weighted by Gasteiger charge is 2.34. The van der Waals surface area contributed by atoms with E-state index >= 15 is 4.39 Å². The van der Waals surface area contributed by atoms with Crippen molar-refractivity contribution < 1.29 is 35.9 Å². The van der Waals surface area contributed by atoms with Crippen LogP contribution in [0.4, 0.5) is 20.2 Å². The van der Waals surface area contributed by atoms with Gasteiger partial charge in [0.25, 0.3) is 5.91 Å². The summed E-state index contributed by atoms with van der Waals surface area (Å²) in [6.07, 6.45) is 2.68. The monoisotopic (exact) mass is 648 g/mol. The zero-order chi connectivity index (χ0) is 29.5. The Balaban J connectivity index is 1.74. The molecule has 1 amide bonds. The first kappa shape index (κ1) is 29.2. The molecule has 0 aliphatic heterocycles. The SMILES string of the molecule is CNC(=O)c1c(-c2ccc(F)cc2)oc2cc(N(c3cc(F)c(Br)c(COCOC)c3)S(C)(=O)=O)c(C3CC3)cc12. The number of fused-ring (bicyclic) bond motifs is 1. The summed E-state index contributed by atoms with van der Waals surface area (Å²) in [5.41, 5.74) is 2.40. The van der Waals surface area contributed by atoms with Gasteiger partial charge in [-0.25, -0.2) is 21.5 Å². The number of carbonyl (C=O) groups is 1. The van der Waals surface area contributed by atoms with Gasteiger partial charge in [-0.1, -0.05) is 0 Å². The molecular formula is C29H27BrF2N2O6S. The average Bonchev–Trinajstić information content (AvgIpc) is 3.70. The van der Waals surface area contributed by atoms with E-state index < -0.39 is 27.6 Å². The number of halogens is 3. The second-order valence-corrected chi connectivity index (χ2v) is 12.4. The molecule has 3 aromatic carbocycles. The van der Waals surface area contributed by atoms with Crippen LogP contribution in [0.2, 0.25) is 0 Å². The molecule has 0 unspecified atom stereocenters. The third kappa shape index (κ3) is 5.87. The Hall–Kier alpha value is -3.32. The van der Waals surface area contributed by atoms with Gasteiger partial charge in [-0.3, -0.25) is 4.79 Å². The minimum atomic E-state index is -4.00. The zero-order valence-electron chi connectivity index (χ0n) is 22.5. The van der Waals surface area contributed by atoms with E-state index in [0.29, 0.717) is 22.1 Å². The molecule has 0 spiro atoms. The Labute approximate surface area is 244 Å². The maximum atomic E-state index is 15.1. The highest BCUT2D eigenvalue weighted by atomic mass is 79.9. The summed E-state index contributed by atoms with van der Waals surface area (Å²) in [5.74, 6) is -1.27. The summed E-state index contributed by atoms with van der Waals surface area (Å²) < 4.78 is 73.1. The molecule has 1 aromatic heterocycles. The van der Waals surface area contributed by atoms with Crippen molar-refractivity contribution in [2.75, 3.05) is 31.5 Å². The number of nitrogens with one attached hydrogen (secondary N) is 1. The van der Waals surface area contributed by atoms with Gasteiger partial charge in [-0.15, -0.1) is 0 Å². The summed E-state index contributed by atoms with van der Waals surface area (Å²) in [6, 6.07) is 11.5. The lowest BCUT2D eigenvalue weighted by atomic mass is 10.00. The van der Waals surface area contributed by atoms with Crippen molar-refractivity contribution >= 4 is 54.2 Å².